The van der Waals surface area contributed by atoms with Gasteiger partial charge in [-0.1, -0.05) is 0 Å². The zero-order valence-electron chi connectivity index (χ0n) is 15.0. The van der Waals surface area contributed by atoms with Gasteiger partial charge in [-0.3, -0.25) is 4.90 Å². The van der Waals surface area contributed by atoms with Crippen molar-refractivity contribution in [2.45, 2.75) is 56.7 Å². The van der Waals surface area contributed by atoms with Gasteiger partial charge in [0.25, 0.3) is 0 Å². The summed E-state index contributed by atoms with van der Waals surface area (Å²) in [6, 6.07) is 0.718. The highest BCUT2D eigenvalue weighted by Crippen LogP contribution is 2.41. The number of carbonyl (C=O) groups is 1. The van der Waals surface area contributed by atoms with Crippen molar-refractivity contribution in [2.75, 3.05) is 26.3 Å². The normalized spacial score (nSPS) is 21.6. The number of hydrogen-bond acceptors (Lipinski definition) is 5. The predicted octanol–water partition coefficient (Wildman–Crippen LogP) is 2.57. The van der Waals surface area contributed by atoms with Gasteiger partial charge in [0.1, 0.15) is 6.33 Å². The number of alkyl halides is 3. The highest BCUT2D eigenvalue weighted by Gasteiger charge is 2.38. The molecule has 1 saturated carbocycles. The van der Waals surface area contributed by atoms with Gasteiger partial charge >= 0.3 is 12.1 Å². The van der Waals surface area contributed by atoms with Gasteiger partial charge in [-0.25, -0.2) is 14.8 Å². The molecule has 27 heavy (non-hydrogen) atoms. The van der Waals surface area contributed by atoms with E-state index in [0.717, 1.165) is 44.6 Å². The molecule has 0 bridgehead atoms. The van der Waals surface area contributed by atoms with Gasteiger partial charge in [-0.05, 0) is 37.7 Å². The number of aromatic nitrogens is 2. The molecule has 0 spiro atoms. The van der Waals surface area contributed by atoms with E-state index in [-0.39, 0.29) is 0 Å². The summed E-state index contributed by atoms with van der Waals surface area (Å²) < 4.78 is 37.2. The largest absolute Gasteiger partial charge is 0.490 e. The summed E-state index contributed by atoms with van der Waals surface area (Å²) in [5.41, 5.74) is 4.16. The van der Waals surface area contributed by atoms with Crippen LogP contribution in [0.4, 0.5) is 13.2 Å². The van der Waals surface area contributed by atoms with Crippen LogP contribution in [0.1, 0.15) is 48.6 Å². The maximum absolute atomic E-state index is 10.6. The van der Waals surface area contributed by atoms with E-state index in [1.807, 2.05) is 0 Å². The highest BCUT2D eigenvalue weighted by molar-refractivity contribution is 5.73. The van der Waals surface area contributed by atoms with Crippen LogP contribution in [0.25, 0.3) is 0 Å². The van der Waals surface area contributed by atoms with Gasteiger partial charge < -0.3 is 9.84 Å². The Morgan fingerprint density at radius 2 is 1.74 bits per heavy atom. The molecular weight excluding hydrogens is 363 g/mol. The molecule has 0 aromatic carbocycles. The second kappa shape index (κ2) is 8.52. The molecule has 3 heterocycles. The minimum atomic E-state index is -5.08. The molecule has 3 aliphatic rings. The van der Waals surface area contributed by atoms with Crippen LogP contribution in [-0.4, -0.2) is 64.5 Å². The Kier molecular flexibility index (Phi) is 6.31. The minimum Gasteiger partial charge on any atom is -0.475 e. The molecule has 0 radical (unpaired) electrons. The molecule has 2 aliphatic heterocycles. The predicted molar refractivity (Wildman–Crippen MR) is 90.5 cm³/mol. The van der Waals surface area contributed by atoms with Crippen molar-refractivity contribution in [3.63, 3.8) is 0 Å². The third-order valence-electron chi connectivity index (χ3n) is 5.27. The first-order chi connectivity index (χ1) is 12.9. The van der Waals surface area contributed by atoms with E-state index in [2.05, 4.69) is 14.9 Å². The highest BCUT2D eigenvalue weighted by atomic mass is 19.4. The summed E-state index contributed by atoms with van der Waals surface area (Å²) in [6.45, 7) is 4.19. The van der Waals surface area contributed by atoms with Crippen molar-refractivity contribution >= 4 is 5.97 Å². The Morgan fingerprint density at radius 3 is 2.33 bits per heavy atom. The third-order valence-corrected chi connectivity index (χ3v) is 5.27. The molecule has 1 aromatic rings. The standard InChI is InChI=1S/C16H23N3O.C2HF3O2/c1-2-12(1)16-14-3-7-19(13-5-9-20-10-6-13)8-4-15(14)17-11-18-16;3-2(4,5)1(6)7/h11-13H,1-10H2;(H,6,7). The van der Waals surface area contributed by atoms with E-state index in [1.165, 1.54) is 49.2 Å². The van der Waals surface area contributed by atoms with Gasteiger partial charge in [0.15, 0.2) is 0 Å². The van der Waals surface area contributed by atoms with Gasteiger partial charge in [0.2, 0.25) is 0 Å². The Bertz CT molecular complexity index is 659. The molecule has 6 nitrogen and oxygen atoms in total. The summed E-state index contributed by atoms with van der Waals surface area (Å²) >= 11 is 0. The maximum atomic E-state index is 10.6. The Morgan fingerprint density at radius 1 is 1.11 bits per heavy atom. The fourth-order valence-electron chi connectivity index (χ4n) is 3.69. The van der Waals surface area contributed by atoms with Crippen LogP contribution >= 0.6 is 0 Å². The molecule has 0 amide bonds. The second-order valence-corrected chi connectivity index (χ2v) is 7.14. The van der Waals surface area contributed by atoms with Crippen LogP contribution in [0.5, 0.6) is 0 Å². The molecule has 1 aliphatic carbocycles. The number of halogens is 3. The van der Waals surface area contributed by atoms with E-state index in [1.54, 1.807) is 6.33 Å². The molecule has 1 saturated heterocycles. The minimum absolute atomic E-state index is 0.718. The van der Waals surface area contributed by atoms with Gasteiger partial charge in [-0.15, -0.1) is 0 Å². The van der Waals surface area contributed by atoms with E-state index in [9.17, 15) is 13.2 Å². The topological polar surface area (TPSA) is 75.5 Å². The van der Waals surface area contributed by atoms with Crippen molar-refractivity contribution in [3.05, 3.63) is 23.3 Å². The number of ether oxygens (including phenoxy) is 1. The average molecular weight is 387 g/mol. The lowest BCUT2D eigenvalue weighted by Gasteiger charge is -2.33. The molecule has 150 valence electrons. The molecule has 2 fully saturated rings. The fraction of sp³-hybridized carbons (Fsp3) is 0.722. The van der Waals surface area contributed by atoms with E-state index < -0.39 is 12.1 Å². The first-order valence-electron chi connectivity index (χ1n) is 9.31. The Hall–Kier alpha value is -1.74. The first kappa shape index (κ1) is 20.0. The molecular formula is C18H24F3N3O3. The Labute approximate surface area is 155 Å². The van der Waals surface area contributed by atoms with E-state index in [4.69, 9.17) is 14.6 Å². The van der Waals surface area contributed by atoms with Crippen LogP contribution in [-0.2, 0) is 22.4 Å². The van der Waals surface area contributed by atoms with Crippen molar-refractivity contribution in [1.29, 1.82) is 0 Å². The second-order valence-electron chi connectivity index (χ2n) is 7.14. The van der Waals surface area contributed by atoms with Crippen LogP contribution in [0, 0.1) is 0 Å². The monoisotopic (exact) mass is 387 g/mol. The summed E-state index contributed by atoms with van der Waals surface area (Å²) in [5.74, 6) is -2.02. The van der Waals surface area contributed by atoms with Crippen LogP contribution in [0.15, 0.2) is 6.33 Å². The maximum Gasteiger partial charge on any atom is 0.490 e. The van der Waals surface area contributed by atoms with Crippen molar-refractivity contribution in [2.24, 2.45) is 0 Å². The quantitative estimate of drug-likeness (QED) is 0.841. The number of fused-ring (bicyclic) bond motifs is 1. The summed E-state index contributed by atoms with van der Waals surface area (Å²) in [7, 11) is 0. The number of nitrogens with zero attached hydrogens (tertiary/aromatic N) is 3. The molecule has 9 heteroatoms. The van der Waals surface area contributed by atoms with Crippen LogP contribution < -0.4 is 0 Å². The number of aliphatic carboxylic acids is 1. The molecule has 1 aromatic heterocycles. The molecule has 0 atom stereocenters. The van der Waals surface area contributed by atoms with Crippen LogP contribution in [0.3, 0.4) is 0 Å². The van der Waals surface area contributed by atoms with E-state index in [0.29, 0.717) is 0 Å². The summed E-state index contributed by atoms with van der Waals surface area (Å²) in [4.78, 5) is 20.7. The fourth-order valence-corrected chi connectivity index (χ4v) is 3.69. The lowest BCUT2D eigenvalue weighted by molar-refractivity contribution is -0.192. The molecule has 4 rings (SSSR count). The summed E-state index contributed by atoms with van der Waals surface area (Å²) in [6.07, 6.45) is 3.97. The van der Waals surface area contributed by atoms with Gasteiger partial charge in [0.05, 0.1) is 5.69 Å². The van der Waals surface area contributed by atoms with Gasteiger partial charge in [-0.2, -0.15) is 13.2 Å². The zero-order valence-corrected chi connectivity index (χ0v) is 15.0. The molecule has 0 unspecified atom stereocenters. The third kappa shape index (κ3) is 5.38. The van der Waals surface area contributed by atoms with Crippen molar-refractivity contribution in [1.82, 2.24) is 14.9 Å². The lowest BCUT2D eigenvalue weighted by Crippen LogP contribution is -2.40. The van der Waals surface area contributed by atoms with Crippen LogP contribution in [0.2, 0.25) is 0 Å². The zero-order chi connectivity index (χ0) is 19.4. The number of rotatable bonds is 2. The van der Waals surface area contributed by atoms with Crippen molar-refractivity contribution < 1.29 is 27.8 Å². The lowest BCUT2D eigenvalue weighted by atomic mass is 10.0. The van der Waals surface area contributed by atoms with Gasteiger partial charge in [0, 0.05) is 50.4 Å². The number of carboxylic acid groups (broad SMARTS) is 1. The SMILES string of the molecule is O=C(O)C(F)(F)F.c1nc2c(c(C3CC3)n1)CCN(C1CCOCC1)CC2. The first-order valence-corrected chi connectivity index (χ1v) is 9.31. The average Bonchev–Trinajstić information content (AvgIpc) is 3.48. The number of hydrogen-bond donors (Lipinski definition) is 1. The molecule has 1 N–H and O–H groups in total. The van der Waals surface area contributed by atoms with Crippen molar-refractivity contribution in [3.8, 4) is 0 Å². The smallest absolute Gasteiger partial charge is 0.475 e. The Balaban J connectivity index is 0.000000260. The number of carboxylic acids is 1. The summed E-state index contributed by atoms with van der Waals surface area (Å²) in [5, 5.41) is 7.12. The van der Waals surface area contributed by atoms with E-state index >= 15 is 0 Å².